The van der Waals surface area contributed by atoms with Gasteiger partial charge in [-0.25, -0.2) is 15.0 Å². The molecule has 9 heteroatoms. The van der Waals surface area contributed by atoms with Crippen molar-refractivity contribution in [3.05, 3.63) is 72.2 Å². The van der Waals surface area contributed by atoms with E-state index in [1.54, 1.807) is 0 Å². The van der Waals surface area contributed by atoms with E-state index in [9.17, 15) is 18.0 Å². The summed E-state index contributed by atoms with van der Waals surface area (Å²) in [5.74, 6) is 0.808. The average Bonchev–Trinajstić information content (AvgIpc) is 2.80. The number of carbonyl (C=O) groups is 1. The lowest BCUT2D eigenvalue weighted by Crippen LogP contribution is -2.45. The number of alkyl halides is 3. The Morgan fingerprint density at radius 3 is 2.19 bits per heavy atom. The molecular weight excluding hydrogens is 407 g/mol. The molecule has 31 heavy (non-hydrogen) atoms. The van der Waals surface area contributed by atoms with E-state index in [1.807, 2.05) is 35.2 Å². The van der Waals surface area contributed by atoms with E-state index in [1.165, 1.54) is 18.5 Å². The first kappa shape index (κ1) is 20.8. The highest BCUT2D eigenvalue weighted by atomic mass is 19.4. The molecule has 0 unspecified atom stereocenters. The van der Waals surface area contributed by atoms with E-state index in [-0.39, 0.29) is 11.9 Å². The van der Waals surface area contributed by atoms with Crippen molar-refractivity contribution in [2.75, 3.05) is 18.0 Å². The monoisotopic (exact) mass is 427 g/mol. The van der Waals surface area contributed by atoms with Gasteiger partial charge in [-0.05, 0) is 25.0 Å². The molecule has 1 aliphatic heterocycles. The molecule has 3 heterocycles. The third kappa shape index (κ3) is 4.99. The SMILES string of the molecule is O=C(NC1CCN(c2ccc(C(F)(F)F)cn2)CC1)c1cnc(-c2ccccc2)nc1. The minimum absolute atomic E-state index is 0.0352. The van der Waals surface area contributed by atoms with Gasteiger partial charge in [-0.3, -0.25) is 4.79 Å². The van der Waals surface area contributed by atoms with Gasteiger partial charge in [0.15, 0.2) is 5.82 Å². The Morgan fingerprint density at radius 1 is 0.935 bits per heavy atom. The Hall–Kier alpha value is -3.49. The van der Waals surface area contributed by atoms with E-state index in [2.05, 4.69) is 20.3 Å². The van der Waals surface area contributed by atoms with E-state index < -0.39 is 11.7 Å². The molecule has 0 aliphatic carbocycles. The van der Waals surface area contributed by atoms with Gasteiger partial charge in [-0.2, -0.15) is 13.2 Å². The van der Waals surface area contributed by atoms with Gasteiger partial charge in [0.25, 0.3) is 5.91 Å². The first-order valence-electron chi connectivity index (χ1n) is 9.87. The number of rotatable bonds is 4. The van der Waals surface area contributed by atoms with Crippen LogP contribution in [0.1, 0.15) is 28.8 Å². The normalized spacial score (nSPS) is 15.0. The summed E-state index contributed by atoms with van der Waals surface area (Å²) in [5.41, 5.74) is 0.490. The molecule has 2 aromatic heterocycles. The van der Waals surface area contributed by atoms with Gasteiger partial charge >= 0.3 is 6.18 Å². The van der Waals surface area contributed by atoms with Crippen LogP contribution in [0.2, 0.25) is 0 Å². The van der Waals surface area contributed by atoms with Crippen molar-refractivity contribution in [1.82, 2.24) is 20.3 Å². The smallest absolute Gasteiger partial charge is 0.356 e. The summed E-state index contributed by atoms with van der Waals surface area (Å²) in [6.45, 7) is 1.18. The molecule has 4 rings (SSSR count). The molecule has 0 radical (unpaired) electrons. The molecule has 0 bridgehead atoms. The number of halogens is 3. The maximum Gasteiger partial charge on any atom is 0.417 e. The molecular formula is C22H20F3N5O. The number of nitrogens with zero attached hydrogens (tertiary/aromatic N) is 4. The Morgan fingerprint density at radius 2 is 1.61 bits per heavy atom. The third-order valence-electron chi connectivity index (χ3n) is 5.18. The molecule has 1 saturated heterocycles. The summed E-state index contributed by atoms with van der Waals surface area (Å²) >= 11 is 0. The summed E-state index contributed by atoms with van der Waals surface area (Å²) in [6, 6.07) is 11.9. The predicted molar refractivity (Wildman–Crippen MR) is 109 cm³/mol. The van der Waals surface area contributed by atoms with Crippen LogP contribution < -0.4 is 10.2 Å². The molecule has 6 nitrogen and oxygen atoms in total. The van der Waals surface area contributed by atoms with Gasteiger partial charge in [-0.15, -0.1) is 0 Å². The number of nitrogens with one attached hydrogen (secondary N) is 1. The zero-order chi connectivity index (χ0) is 21.8. The van der Waals surface area contributed by atoms with Crippen molar-refractivity contribution in [2.24, 2.45) is 0 Å². The van der Waals surface area contributed by atoms with Gasteiger partial charge in [0, 0.05) is 43.3 Å². The first-order chi connectivity index (χ1) is 14.9. The van der Waals surface area contributed by atoms with E-state index in [0.29, 0.717) is 43.1 Å². The lowest BCUT2D eigenvalue weighted by Gasteiger charge is -2.33. The van der Waals surface area contributed by atoms with Crippen LogP contribution in [0.4, 0.5) is 19.0 Å². The van der Waals surface area contributed by atoms with Crippen LogP contribution in [0.3, 0.4) is 0 Å². The maximum atomic E-state index is 12.7. The third-order valence-corrected chi connectivity index (χ3v) is 5.18. The molecule has 160 valence electrons. The van der Waals surface area contributed by atoms with Crippen molar-refractivity contribution in [1.29, 1.82) is 0 Å². The second-order valence-corrected chi connectivity index (χ2v) is 7.30. The minimum Gasteiger partial charge on any atom is -0.356 e. The number of benzene rings is 1. The minimum atomic E-state index is -4.40. The van der Waals surface area contributed by atoms with Crippen LogP contribution in [0.15, 0.2) is 61.1 Å². The molecule has 1 aromatic carbocycles. The zero-order valence-electron chi connectivity index (χ0n) is 16.5. The largest absolute Gasteiger partial charge is 0.417 e. The van der Waals surface area contributed by atoms with Crippen molar-refractivity contribution < 1.29 is 18.0 Å². The number of anilines is 1. The number of carbonyl (C=O) groups excluding carboxylic acids is 1. The van der Waals surface area contributed by atoms with Crippen LogP contribution in [-0.4, -0.2) is 40.0 Å². The lowest BCUT2D eigenvalue weighted by molar-refractivity contribution is -0.137. The topological polar surface area (TPSA) is 71.0 Å². The average molecular weight is 427 g/mol. The summed E-state index contributed by atoms with van der Waals surface area (Å²) in [7, 11) is 0. The van der Waals surface area contributed by atoms with Crippen molar-refractivity contribution in [3.8, 4) is 11.4 Å². The fraction of sp³-hybridized carbons (Fsp3) is 0.273. The van der Waals surface area contributed by atoms with E-state index >= 15 is 0 Å². The van der Waals surface area contributed by atoms with Crippen molar-refractivity contribution in [3.63, 3.8) is 0 Å². The molecule has 1 fully saturated rings. The molecule has 1 amide bonds. The van der Waals surface area contributed by atoms with E-state index in [0.717, 1.165) is 17.8 Å². The number of aromatic nitrogens is 3. The van der Waals surface area contributed by atoms with Crippen LogP contribution in [0.5, 0.6) is 0 Å². The Bertz CT molecular complexity index is 1020. The van der Waals surface area contributed by atoms with Crippen LogP contribution in [-0.2, 0) is 6.18 Å². The van der Waals surface area contributed by atoms with Crippen molar-refractivity contribution in [2.45, 2.75) is 25.1 Å². The number of hydrogen-bond donors (Lipinski definition) is 1. The summed E-state index contributed by atoms with van der Waals surface area (Å²) < 4.78 is 38.0. The molecule has 0 spiro atoms. The molecule has 1 aliphatic rings. The highest BCUT2D eigenvalue weighted by Crippen LogP contribution is 2.29. The quantitative estimate of drug-likeness (QED) is 0.683. The zero-order valence-corrected chi connectivity index (χ0v) is 16.5. The Kier molecular flexibility index (Phi) is 5.83. The fourth-order valence-electron chi connectivity index (χ4n) is 3.44. The van der Waals surface area contributed by atoms with Crippen LogP contribution in [0.25, 0.3) is 11.4 Å². The first-order valence-corrected chi connectivity index (χ1v) is 9.87. The predicted octanol–water partition coefficient (Wildman–Crippen LogP) is 3.96. The molecule has 0 atom stereocenters. The second-order valence-electron chi connectivity index (χ2n) is 7.30. The molecule has 0 saturated carbocycles. The Labute approximate surface area is 177 Å². The van der Waals surface area contributed by atoms with Crippen LogP contribution >= 0.6 is 0 Å². The summed E-state index contributed by atoms with van der Waals surface area (Å²) in [5, 5.41) is 2.98. The van der Waals surface area contributed by atoms with Crippen molar-refractivity contribution >= 4 is 11.7 Å². The summed E-state index contributed by atoms with van der Waals surface area (Å²) in [4.78, 5) is 26.9. The second kappa shape index (κ2) is 8.71. The van der Waals surface area contributed by atoms with Gasteiger partial charge in [0.05, 0.1) is 11.1 Å². The number of pyridine rings is 1. The highest BCUT2D eigenvalue weighted by Gasteiger charge is 2.31. The van der Waals surface area contributed by atoms with Gasteiger partial charge < -0.3 is 10.2 Å². The van der Waals surface area contributed by atoms with Gasteiger partial charge in [0.1, 0.15) is 5.82 Å². The highest BCUT2D eigenvalue weighted by molar-refractivity contribution is 5.93. The Balaban J connectivity index is 1.31. The number of piperidine rings is 1. The maximum absolute atomic E-state index is 12.7. The standard InChI is InChI=1S/C22H20F3N5O/c23-22(24,25)17-6-7-19(26-14-17)30-10-8-18(9-11-30)29-21(31)16-12-27-20(28-13-16)15-4-2-1-3-5-15/h1-7,12-14,18H,8-11H2,(H,29,31). The van der Waals surface area contributed by atoms with Gasteiger partial charge in [-0.1, -0.05) is 30.3 Å². The number of hydrogen-bond acceptors (Lipinski definition) is 5. The molecule has 3 aromatic rings. The molecule has 1 N–H and O–H groups in total. The van der Waals surface area contributed by atoms with E-state index in [4.69, 9.17) is 0 Å². The number of amides is 1. The van der Waals surface area contributed by atoms with Gasteiger partial charge in [0.2, 0.25) is 0 Å². The lowest BCUT2D eigenvalue weighted by atomic mass is 10.0. The fourth-order valence-corrected chi connectivity index (χ4v) is 3.44. The summed E-state index contributed by atoms with van der Waals surface area (Å²) in [6.07, 6.45) is 0.792. The van der Waals surface area contributed by atoms with Crippen LogP contribution in [0, 0.1) is 0 Å².